The summed E-state index contributed by atoms with van der Waals surface area (Å²) in [5.74, 6) is 1.70. The molecule has 148 valence electrons. The molecule has 1 saturated heterocycles. The molecule has 1 fully saturated rings. The van der Waals surface area contributed by atoms with Crippen molar-refractivity contribution in [2.24, 2.45) is 10.9 Å². The van der Waals surface area contributed by atoms with E-state index in [1.807, 2.05) is 27.7 Å². The second kappa shape index (κ2) is 10.1. The first-order chi connectivity index (χ1) is 11.8. The number of nitrogens with one attached hydrogen (secondary N) is 1. The summed E-state index contributed by atoms with van der Waals surface area (Å²) in [4.78, 5) is 22.8. The Labute approximate surface area is 172 Å². The van der Waals surface area contributed by atoms with E-state index in [2.05, 4.69) is 25.3 Å². The number of piperidine rings is 1. The predicted octanol–water partition coefficient (Wildman–Crippen LogP) is 2.34. The van der Waals surface area contributed by atoms with Gasteiger partial charge in [-0.15, -0.1) is 24.0 Å². The van der Waals surface area contributed by atoms with Crippen LogP contribution in [0.3, 0.4) is 0 Å². The van der Waals surface area contributed by atoms with Crippen LogP contribution in [0.25, 0.3) is 0 Å². The molecule has 1 atom stereocenters. The zero-order chi connectivity index (χ0) is 18.4. The van der Waals surface area contributed by atoms with Crippen LogP contribution in [-0.2, 0) is 21.5 Å². The number of hydrogen-bond acceptors (Lipinski definition) is 6. The summed E-state index contributed by atoms with van der Waals surface area (Å²) in [6.07, 6.45) is 1.78. The first kappa shape index (κ1) is 22.7. The number of likely N-dealkylation sites (tertiary alicyclic amines) is 1. The molecule has 1 aromatic heterocycles. The molecular formula is C17H30IN5O3. The Bertz CT molecular complexity index is 612. The van der Waals surface area contributed by atoms with Crippen LogP contribution < -0.4 is 5.32 Å². The van der Waals surface area contributed by atoms with Crippen molar-refractivity contribution in [1.29, 1.82) is 0 Å². The summed E-state index contributed by atoms with van der Waals surface area (Å²) < 4.78 is 10.4. The Morgan fingerprint density at radius 2 is 2.19 bits per heavy atom. The minimum absolute atomic E-state index is 0. The number of esters is 1. The lowest BCUT2D eigenvalue weighted by Crippen LogP contribution is -2.48. The normalized spacial score (nSPS) is 18.3. The van der Waals surface area contributed by atoms with E-state index in [0.717, 1.165) is 25.3 Å². The largest absolute Gasteiger partial charge is 0.466 e. The number of hydrogen-bond donors (Lipinski definition) is 1. The van der Waals surface area contributed by atoms with Gasteiger partial charge in [-0.3, -0.25) is 9.79 Å². The Hall–Kier alpha value is -1.39. The first-order valence-corrected chi connectivity index (χ1v) is 8.80. The SMILES string of the molecule is CCOC(=O)C1CCCN(C(=NC)NCc2noc(C(C)(C)C)n2)C1.I. The van der Waals surface area contributed by atoms with Crippen LogP contribution >= 0.6 is 24.0 Å². The fraction of sp³-hybridized carbons (Fsp3) is 0.765. The molecule has 1 unspecified atom stereocenters. The number of guanidine groups is 1. The Balaban J connectivity index is 0.00000338. The van der Waals surface area contributed by atoms with Gasteiger partial charge in [0, 0.05) is 25.6 Å². The highest BCUT2D eigenvalue weighted by atomic mass is 127. The molecule has 1 N–H and O–H groups in total. The Morgan fingerprint density at radius 3 is 2.77 bits per heavy atom. The molecule has 1 aliphatic rings. The van der Waals surface area contributed by atoms with E-state index in [4.69, 9.17) is 9.26 Å². The molecule has 8 nitrogen and oxygen atoms in total. The van der Waals surface area contributed by atoms with Crippen LogP contribution in [0.5, 0.6) is 0 Å². The second-order valence-corrected chi connectivity index (χ2v) is 7.20. The Kier molecular flexibility index (Phi) is 8.78. The van der Waals surface area contributed by atoms with Crippen molar-refractivity contribution in [1.82, 2.24) is 20.4 Å². The van der Waals surface area contributed by atoms with Gasteiger partial charge in [-0.2, -0.15) is 4.98 Å². The topological polar surface area (TPSA) is 92.8 Å². The van der Waals surface area contributed by atoms with Gasteiger partial charge in [0.15, 0.2) is 11.8 Å². The van der Waals surface area contributed by atoms with E-state index in [1.54, 1.807) is 7.05 Å². The quantitative estimate of drug-likeness (QED) is 0.307. The highest BCUT2D eigenvalue weighted by Crippen LogP contribution is 2.20. The van der Waals surface area contributed by atoms with Gasteiger partial charge in [-0.05, 0) is 19.8 Å². The zero-order valence-electron chi connectivity index (χ0n) is 16.2. The van der Waals surface area contributed by atoms with E-state index in [0.29, 0.717) is 31.4 Å². The van der Waals surface area contributed by atoms with Crippen LogP contribution in [0.4, 0.5) is 0 Å². The van der Waals surface area contributed by atoms with Gasteiger partial charge in [-0.1, -0.05) is 25.9 Å². The van der Waals surface area contributed by atoms with E-state index in [-0.39, 0.29) is 41.3 Å². The molecule has 0 amide bonds. The number of ether oxygens (including phenoxy) is 1. The fourth-order valence-electron chi connectivity index (χ4n) is 2.74. The average molecular weight is 479 g/mol. The monoisotopic (exact) mass is 479 g/mol. The molecule has 0 spiro atoms. The highest BCUT2D eigenvalue weighted by Gasteiger charge is 2.28. The zero-order valence-corrected chi connectivity index (χ0v) is 18.6. The van der Waals surface area contributed by atoms with Crippen molar-refractivity contribution in [2.45, 2.75) is 52.5 Å². The van der Waals surface area contributed by atoms with Crippen LogP contribution in [0.2, 0.25) is 0 Å². The third-order valence-corrected chi connectivity index (χ3v) is 4.07. The molecule has 0 aliphatic carbocycles. The van der Waals surface area contributed by atoms with Crippen molar-refractivity contribution >= 4 is 35.9 Å². The highest BCUT2D eigenvalue weighted by molar-refractivity contribution is 14.0. The molecule has 1 aliphatic heterocycles. The van der Waals surface area contributed by atoms with Crippen molar-refractivity contribution in [3.63, 3.8) is 0 Å². The van der Waals surface area contributed by atoms with Crippen molar-refractivity contribution in [2.75, 3.05) is 26.7 Å². The maximum Gasteiger partial charge on any atom is 0.310 e. The summed E-state index contributed by atoms with van der Waals surface area (Å²) in [5.41, 5.74) is -0.174. The van der Waals surface area contributed by atoms with Gasteiger partial charge in [-0.25, -0.2) is 0 Å². The molecule has 26 heavy (non-hydrogen) atoms. The second-order valence-electron chi connectivity index (χ2n) is 7.20. The van der Waals surface area contributed by atoms with Gasteiger partial charge in [0.1, 0.15) is 0 Å². The standard InChI is InChI=1S/C17H29N5O3.HI/c1-6-24-14(23)12-8-7-9-22(11-12)16(18-5)19-10-13-20-15(25-21-13)17(2,3)4;/h12H,6-11H2,1-5H3,(H,18,19);1H. The molecule has 9 heteroatoms. The molecule has 2 rings (SSSR count). The summed E-state index contributed by atoms with van der Waals surface area (Å²) in [7, 11) is 1.73. The molecule has 0 aromatic carbocycles. The lowest BCUT2D eigenvalue weighted by molar-refractivity contribution is -0.149. The molecule has 2 heterocycles. The molecule has 0 saturated carbocycles. The lowest BCUT2D eigenvalue weighted by atomic mass is 9.97. The number of aliphatic imine (C=N–C) groups is 1. The van der Waals surface area contributed by atoms with Crippen LogP contribution in [0.1, 0.15) is 52.3 Å². The summed E-state index contributed by atoms with van der Waals surface area (Å²) in [5, 5.41) is 7.26. The third-order valence-electron chi connectivity index (χ3n) is 4.07. The number of halogens is 1. The summed E-state index contributed by atoms with van der Waals surface area (Å²) in [6.45, 7) is 10.2. The third kappa shape index (κ3) is 6.10. The molecule has 0 bridgehead atoms. The number of aromatic nitrogens is 2. The van der Waals surface area contributed by atoms with Crippen LogP contribution in [-0.4, -0.2) is 53.7 Å². The van der Waals surface area contributed by atoms with Crippen molar-refractivity contribution in [3.8, 4) is 0 Å². The average Bonchev–Trinajstić information content (AvgIpc) is 3.05. The number of carbonyl (C=O) groups is 1. The van der Waals surface area contributed by atoms with Crippen LogP contribution in [0.15, 0.2) is 9.52 Å². The van der Waals surface area contributed by atoms with Crippen molar-refractivity contribution in [3.05, 3.63) is 11.7 Å². The maximum absolute atomic E-state index is 12.0. The van der Waals surface area contributed by atoms with Gasteiger partial charge in [0.2, 0.25) is 5.89 Å². The van der Waals surface area contributed by atoms with Gasteiger partial charge in [0.25, 0.3) is 0 Å². The Morgan fingerprint density at radius 1 is 1.46 bits per heavy atom. The fourth-order valence-corrected chi connectivity index (χ4v) is 2.74. The van der Waals surface area contributed by atoms with Gasteiger partial charge < -0.3 is 19.5 Å². The smallest absolute Gasteiger partial charge is 0.310 e. The maximum atomic E-state index is 12.0. The van der Waals surface area contributed by atoms with E-state index < -0.39 is 0 Å². The summed E-state index contributed by atoms with van der Waals surface area (Å²) in [6, 6.07) is 0. The summed E-state index contributed by atoms with van der Waals surface area (Å²) >= 11 is 0. The van der Waals surface area contributed by atoms with Crippen molar-refractivity contribution < 1.29 is 14.1 Å². The molecule has 1 aromatic rings. The minimum atomic E-state index is -0.174. The number of rotatable bonds is 4. The molecular weight excluding hydrogens is 449 g/mol. The van der Waals surface area contributed by atoms with E-state index in [9.17, 15) is 4.79 Å². The minimum Gasteiger partial charge on any atom is -0.466 e. The lowest BCUT2D eigenvalue weighted by Gasteiger charge is -2.33. The van der Waals surface area contributed by atoms with Gasteiger partial charge in [0.05, 0.1) is 19.1 Å². The number of carbonyl (C=O) groups excluding carboxylic acids is 1. The van der Waals surface area contributed by atoms with E-state index in [1.165, 1.54) is 0 Å². The predicted molar refractivity (Wildman–Crippen MR) is 110 cm³/mol. The molecule has 0 radical (unpaired) electrons. The van der Waals surface area contributed by atoms with Crippen LogP contribution in [0, 0.1) is 5.92 Å². The first-order valence-electron chi connectivity index (χ1n) is 8.80. The van der Waals surface area contributed by atoms with E-state index >= 15 is 0 Å². The van der Waals surface area contributed by atoms with Gasteiger partial charge >= 0.3 is 5.97 Å². The number of nitrogens with zero attached hydrogens (tertiary/aromatic N) is 4.